The maximum absolute atomic E-state index is 5.69. The summed E-state index contributed by atoms with van der Waals surface area (Å²) in [6.07, 6.45) is 3.55. The highest BCUT2D eigenvalue weighted by Gasteiger charge is 2.13. The number of anilines is 2. The molecular weight excluding hydrogens is 256 g/mol. The van der Waals surface area contributed by atoms with Crippen LogP contribution in [0.5, 0.6) is 5.88 Å². The van der Waals surface area contributed by atoms with Crippen molar-refractivity contribution in [3.05, 3.63) is 6.07 Å². The number of rotatable bonds is 6. The van der Waals surface area contributed by atoms with Crippen LogP contribution in [-0.4, -0.2) is 35.8 Å². The monoisotopic (exact) mass is 280 g/mol. The van der Waals surface area contributed by atoms with E-state index >= 15 is 0 Å². The summed E-state index contributed by atoms with van der Waals surface area (Å²) in [6.45, 7) is 6.53. The quantitative estimate of drug-likeness (QED) is 0.830. The minimum atomic E-state index is 0.0662. The first-order valence-corrected chi connectivity index (χ1v) is 7.26. The van der Waals surface area contributed by atoms with Gasteiger partial charge in [0, 0.05) is 25.8 Å². The van der Waals surface area contributed by atoms with Gasteiger partial charge in [0.1, 0.15) is 5.82 Å². The summed E-state index contributed by atoms with van der Waals surface area (Å²) in [4.78, 5) is 8.22. The lowest BCUT2D eigenvalue weighted by molar-refractivity contribution is 0.0530. The average molecular weight is 280 g/mol. The molecule has 1 fully saturated rings. The number of aromatic nitrogens is 2. The van der Waals surface area contributed by atoms with Gasteiger partial charge in [-0.1, -0.05) is 0 Å². The van der Waals surface area contributed by atoms with Crippen LogP contribution in [0.4, 0.5) is 11.8 Å². The smallest absolute Gasteiger partial charge is 0.225 e. The molecule has 1 aliphatic heterocycles. The van der Waals surface area contributed by atoms with Gasteiger partial charge in [0.25, 0.3) is 0 Å². The minimum Gasteiger partial charge on any atom is -0.475 e. The third kappa shape index (κ3) is 4.85. The molecule has 3 N–H and O–H groups in total. The first-order chi connectivity index (χ1) is 9.63. The Morgan fingerprint density at radius 3 is 3.05 bits per heavy atom. The van der Waals surface area contributed by atoms with Gasteiger partial charge in [0.15, 0.2) is 0 Å². The summed E-state index contributed by atoms with van der Waals surface area (Å²) in [5.41, 5.74) is 5.69. The number of nitrogens with zero attached hydrogens (tertiary/aromatic N) is 2. The SMILES string of the molecule is CC(C)Oc1cc(NCC[C@@H]2CCCOC2)nc(N)n1. The number of nitrogens with two attached hydrogens (primary N) is 1. The average Bonchev–Trinajstić information content (AvgIpc) is 2.38. The highest BCUT2D eigenvalue weighted by molar-refractivity contribution is 5.42. The van der Waals surface area contributed by atoms with Crippen LogP contribution in [-0.2, 0) is 4.74 Å². The lowest BCUT2D eigenvalue weighted by Crippen LogP contribution is -2.20. The van der Waals surface area contributed by atoms with Gasteiger partial charge >= 0.3 is 0 Å². The molecule has 1 aromatic rings. The number of nitrogens with one attached hydrogen (secondary N) is 1. The zero-order valence-electron chi connectivity index (χ0n) is 12.3. The molecule has 2 heterocycles. The van der Waals surface area contributed by atoms with Crippen LogP contribution in [0.2, 0.25) is 0 Å². The number of ether oxygens (including phenoxy) is 2. The predicted molar refractivity (Wildman–Crippen MR) is 78.9 cm³/mol. The van der Waals surface area contributed by atoms with Crippen molar-refractivity contribution >= 4 is 11.8 Å². The van der Waals surface area contributed by atoms with Crippen molar-refractivity contribution in [3.63, 3.8) is 0 Å². The maximum Gasteiger partial charge on any atom is 0.225 e. The normalized spacial score (nSPS) is 19.1. The van der Waals surface area contributed by atoms with Gasteiger partial charge < -0.3 is 20.5 Å². The molecule has 0 radical (unpaired) electrons. The van der Waals surface area contributed by atoms with Crippen molar-refractivity contribution in [2.75, 3.05) is 30.8 Å². The Bertz CT molecular complexity index is 420. The second-order valence-corrected chi connectivity index (χ2v) is 5.41. The van der Waals surface area contributed by atoms with Gasteiger partial charge in [0.2, 0.25) is 11.8 Å². The van der Waals surface area contributed by atoms with Crippen molar-refractivity contribution in [1.82, 2.24) is 9.97 Å². The second-order valence-electron chi connectivity index (χ2n) is 5.41. The second kappa shape index (κ2) is 7.28. The highest BCUT2D eigenvalue weighted by Crippen LogP contribution is 2.19. The van der Waals surface area contributed by atoms with E-state index in [0.717, 1.165) is 32.6 Å². The minimum absolute atomic E-state index is 0.0662. The van der Waals surface area contributed by atoms with Crippen molar-refractivity contribution in [1.29, 1.82) is 0 Å². The fraction of sp³-hybridized carbons (Fsp3) is 0.714. The van der Waals surface area contributed by atoms with Crippen LogP contribution >= 0.6 is 0 Å². The van der Waals surface area contributed by atoms with Crippen molar-refractivity contribution < 1.29 is 9.47 Å². The lowest BCUT2D eigenvalue weighted by atomic mass is 9.99. The Kier molecular flexibility index (Phi) is 5.40. The Hall–Kier alpha value is -1.56. The molecule has 0 amide bonds. The zero-order valence-corrected chi connectivity index (χ0v) is 12.3. The molecule has 1 saturated heterocycles. The Morgan fingerprint density at radius 2 is 2.35 bits per heavy atom. The summed E-state index contributed by atoms with van der Waals surface area (Å²) in [7, 11) is 0. The molecule has 0 saturated carbocycles. The van der Waals surface area contributed by atoms with Crippen molar-refractivity contribution in [3.8, 4) is 5.88 Å². The van der Waals surface area contributed by atoms with E-state index in [-0.39, 0.29) is 12.1 Å². The third-order valence-corrected chi connectivity index (χ3v) is 3.19. The zero-order chi connectivity index (χ0) is 14.4. The van der Waals surface area contributed by atoms with E-state index in [9.17, 15) is 0 Å². The van der Waals surface area contributed by atoms with Gasteiger partial charge in [-0.05, 0) is 39.0 Å². The van der Waals surface area contributed by atoms with E-state index in [1.165, 1.54) is 6.42 Å². The van der Waals surface area contributed by atoms with Crippen LogP contribution < -0.4 is 15.8 Å². The van der Waals surface area contributed by atoms with Crippen LogP contribution in [0, 0.1) is 5.92 Å². The lowest BCUT2D eigenvalue weighted by Gasteiger charge is -2.22. The molecule has 112 valence electrons. The fourth-order valence-corrected chi connectivity index (χ4v) is 2.27. The van der Waals surface area contributed by atoms with Crippen molar-refractivity contribution in [2.24, 2.45) is 5.92 Å². The van der Waals surface area contributed by atoms with Gasteiger partial charge in [-0.25, -0.2) is 0 Å². The van der Waals surface area contributed by atoms with Gasteiger partial charge in [0.05, 0.1) is 6.10 Å². The van der Waals surface area contributed by atoms with Crippen LogP contribution in [0.3, 0.4) is 0 Å². The molecule has 1 atom stereocenters. The topological polar surface area (TPSA) is 82.3 Å². The predicted octanol–water partition coefficient (Wildman–Crippen LogP) is 2.07. The van der Waals surface area contributed by atoms with Gasteiger partial charge in [-0.15, -0.1) is 0 Å². The summed E-state index contributed by atoms with van der Waals surface area (Å²) < 4.78 is 11.0. The van der Waals surface area contributed by atoms with E-state index in [1.54, 1.807) is 6.07 Å². The first-order valence-electron chi connectivity index (χ1n) is 7.26. The Labute approximate surface area is 120 Å². The molecule has 6 nitrogen and oxygen atoms in total. The van der Waals surface area contributed by atoms with E-state index in [0.29, 0.717) is 17.6 Å². The van der Waals surface area contributed by atoms with Gasteiger partial charge in [-0.3, -0.25) is 0 Å². The van der Waals surface area contributed by atoms with Crippen LogP contribution in [0.15, 0.2) is 6.07 Å². The molecule has 20 heavy (non-hydrogen) atoms. The Morgan fingerprint density at radius 1 is 1.50 bits per heavy atom. The molecule has 1 aromatic heterocycles. The molecule has 6 heteroatoms. The number of hydrogen-bond acceptors (Lipinski definition) is 6. The van der Waals surface area contributed by atoms with Crippen LogP contribution in [0.25, 0.3) is 0 Å². The Balaban J connectivity index is 1.83. The molecule has 0 aromatic carbocycles. The summed E-state index contributed by atoms with van der Waals surface area (Å²) in [5, 5.41) is 3.28. The fourth-order valence-electron chi connectivity index (χ4n) is 2.27. The molecule has 0 unspecified atom stereocenters. The third-order valence-electron chi connectivity index (χ3n) is 3.19. The molecular formula is C14H24N4O2. The highest BCUT2D eigenvalue weighted by atomic mass is 16.5. The van der Waals surface area contributed by atoms with E-state index in [4.69, 9.17) is 15.2 Å². The van der Waals surface area contributed by atoms with E-state index in [2.05, 4.69) is 15.3 Å². The summed E-state index contributed by atoms with van der Waals surface area (Å²) in [5.74, 6) is 2.09. The standard InChI is InChI=1S/C14H24N4O2/c1-10(2)20-13-8-12(17-14(15)18-13)16-6-5-11-4-3-7-19-9-11/h8,10-11H,3-7,9H2,1-2H3,(H3,15,16,17,18)/t11-/m0/s1. The molecule has 0 aliphatic carbocycles. The first kappa shape index (κ1) is 14.8. The molecule has 0 spiro atoms. The number of hydrogen-bond donors (Lipinski definition) is 2. The maximum atomic E-state index is 5.69. The van der Waals surface area contributed by atoms with E-state index in [1.807, 2.05) is 13.8 Å². The number of nitrogen functional groups attached to an aromatic ring is 1. The molecule has 2 rings (SSSR count). The van der Waals surface area contributed by atoms with Crippen molar-refractivity contribution in [2.45, 2.75) is 39.2 Å². The summed E-state index contributed by atoms with van der Waals surface area (Å²) >= 11 is 0. The van der Waals surface area contributed by atoms with Gasteiger partial charge in [-0.2, -0.15) is 9.97 Å². The molecule has 1 aliphatic rings. The van der Waals surface area contributed by atoms with E-state index < -0.39 is 0 Å². The summed E-state index contributed by atoms with van der Waals surface area (Å²) in [6, 6.07) is 1.79. The molecule has 0 bridgehead atoms. The largest absolute Gasteiger partial charge is 0.475 e. The van der Waals surface area contributed by atoms with Crippen LogP contribution in [0.1, 0.15) is 33.1 Å².